The van der Waals surface area contributed by atoms with Crippen molar-refractivity contribution in [3.05, 3.63) is 36.4 Å². The van der Waals surface area contributed by atoms with Crippen molar-refractivity contribution in [3.63, 3.8) is 0 Å². The molecular formula is C19H34N10O6. The number of nitrogens with two attached hydrogens (primary N) is 4. The number of imidazole rings is 2. The van der Waals surface area contributed by atoms with Gasteiger partial charge in [-0.3, -0.25) is 15.0 Å². The summed E-state index contributed by atoms with van der Waals surface area (Å²) in [4.78, 5) is 41.3. The molecule has 0 spiro atoms. The molecule has 2 heterocycles. The number of carboxylic acids is 2. The molecule has 14 N–H and O–H groups in total. The first kappa shape index (κ1) is 31.0. The molecule has 16 nitrogen and oxygen atoms in total. The Labute approximate surface area is 201 Å². The molecule has 0 saturated heterocycles. The average molecular weight is 499 g/mol. The zero-order valence-corrected chi connectivity index (χ0v) is 19.3. The van der Waals surface area contributed by atoms with Crippen molar-refractivity contribution < 1.29 is 29.7 Å². The number of aromatic amines is 1. The van der Waals surface area contributed by atoms with Crippen LogP contribution in [0.4, 0.5) is 4.79 Å². The van der Waals surface area contributed by atoms with Gasteiger partial charge in [0.2, 0.25) is 0 Å². The number of rotatable bonds is 10. The minimum Gasteiger partial charge on any atom is -0.480 e. The van der Waals surface area contributed by atoms with Crippen molar-refractivity contribution in [1.82, 2.24) is 24.8 Å². The largest absolute Gasteiger partial charge is 0.480 e. The second-order valence-electron chi connectivity index (χ2n) is 7.37. The van der Waals surface area contributed by atoms with E-state index in [0.717, 1.165) is 4.57 Å². The molecule has 0 radical (unpaired) electrons. The SMILES string of the molecule is C[C@@H](N)Cc1cn(C(=O)O)cn1.N=C(N)NCCC[C@H](N)C(=O)O.N[C@@H](Cc1c[nH]cn1)C(=O)O. The fourth-order valence-electron chi connectivity index (χ4n) is 2.29. The minimum atomic E-state index is -1.03. The van der Waals surface area contributed by atoms with Crippen LogP contribution in [0.15, 0.2) is 25.0 Å². The van der Waals surface area contributed by atoms with Crippen LogP contribution in [0.2, 0.25) is 0 Å². The highest BCUT2D eigenvalue weighted by molar-refractivity contribution is 5.74. The number of nitrogens with one attached hydrogen (secondary N) is 3. The van der Waals surface area contributed by atoms with Crippen LogP contribution in [-0.2, 0) is 22.4 Å². The molecular weight excluding hydrogens is 464 g/mol. The average Bonchev–Trinajstić information content (AvgIpc) is 3.43. The van der Waals surface area contributed by atoms with Crippen LogP contribution in [0.5, 0.6) is 0 Å². The van der Waals surface area contributed by atoms with Gasteiger partial charge in [-0.1, -0.05) is 0 Å². The third-order valence-electron chi connectivity index (χ3n) is 4.01. The van der Waals surface area contributed by atoms with Crippen LogP contribution in [-0.4, -0.2) is 83.5 Å². The van der Waals surface area contributed by atoms with Gasteiger partial charge >= 0.3 is 18.0 Å². The maximum absolute atomic E-state index is 10.4. The van der Waals surface area contributed by atoms with Crippen molar-refractivity contribution in [2.75, 3.05) is 6.54 Å². The molecule has 16 heteroatoms. The molecule has 0 saturated carbocycles. The lowest BCUT2D eigenvalue weighted by Crippen LogP contribution is -2.34. The van der Waals surface area contributed by atoms with Crippen LogP contribution in [0.3, 0.4) is 0 Å². The summed E-state index contributed by atoms with van der Waals surface area (Å²) in [6.45, 7) is 2.33. The number of aromatic nitrogens is 4. The molecule has 0 aliphatic heterocycles. The van der Waals surface area contributed by atoms with Gasteiger partial charge in [0.05, 0.1) is 17.7 Å². The predicted octanol–water partition coefficient (Wildman–Crippen LogP) is -1.68. The summed E-state index contributed by atoms with van der Waals surface area (Å²) in [5, 5.41) is 34.7. The lowest BCUT2D eigenvalue weighted by Gasteiger charge is -2.06. The molecule has 0 fully saturated rings. The quantitative estimate of drug-likeness (QED) is 0.0995. The molecule has 0 unspecified atom stereocenters. The van der Waals surface area contributed by atoms with E-state index >= 15 is 0 Å². The lowest BCUT2D eigenvalue weighted by molar-refractivity contribution is -0.139. The summed E-state index contributed by atoms with van der Waals surface area (Å²) in [6.07, 6.45) is 6.65. The van der Waals surface area contributed by atoms with Gasteiger partial charge in [-0.2, -0.15) is 0 Å². The molecule has 2 aromatic heterocycles. The van der Waals surface area contributed by atoms with Crippen LogP contribution in [0.25, 0.3) is 0 Å². The summed E-state index contributed by atoms with van der Waals surface area (Å²) in [6, 6.07) is -1.68. The second kappa shape index (κ2) is 16.6. The molecule has 0 aliphatic carbocycles. The highest BCUT2D eigenvalue weighted by Crippen LogP contribution is 1.99. The van der Waals surface area contributed by atoms with Gasteiger partial charge in [0.1, 0.15) is 18.4 Å². The van der Waals surface area contributed by atoms with Crippen LogP contribution in [0, 0.1) is 5.41 Å². The topological polar surface area (TPSA) is 298 Å². The van der Waals surface area contributed by atoms with Crippen molar-refractivity contribution in [2.45, 2.75) is 50.7 Å². The van der Waals surface area contributed by atoms with E-state index < -0.39 is 30.1 Å². The van der Waals surface area contributed by atoms with E-state index in [1.807, 2.05) is 6.92 Å². The van der Waals surface area contributed by atoms with Crippen molar-refractivity contribution in [3.8, 4) is 0 Å². The number of carboxylic acid groups (broad SMARTS) is 3. The molecule has 196 valence electrons. The standard InChI is InChI=1S/C7H11N3O2.C6H14N4O2.C6H9N3O2/c1-5(8)2-6-3-10(4-9-6)7(11)12;7-4(5(11)12)2-1-3-10-6(8)9;7-5(6(10)11)1-4-2-8-3-9-4/h3-5H,2,8H2,1H3,(H,11,12);4H,1-3,7H2,(H,11,12)(H4,8,9,10);2-3,5H,1,7H2,(H,8,9)(H,10,11)/t5-;4-;5-/m100/s1. The summed E-state index contributed by atoms with van der Waals surface area (Å²) in [7, 11) is 0. The van der Waals surface area contributed by atoms with Gasteiger partial charge < -0.3 is 48.6 Å². The van der Waals surface area contributed by atoms with E-state index in [0.29, 0.717) is 37.2 Å². The number of hydrogen-bond donors (Lipinski definition) is 10. The number of hydrogen-bond acceptors (Lipinski definition) is 9. The van der Waals surface area contributed by atoms with Gasteiger partial charge in [0.15, 0.2) is 5.96 Å². The molecule has 35 heavy (non-hydrogen) atoms. The van der Waals surface area contributed by atoms with E-state index in [1.54, 1.807) is 6.20 Å². The third kappa shape index (κ3) is 15.4. The first-order valence-corrected chi connectivity index (χ1v) is 10.4. The Morgan fingerprint density at radius 1 is 1.09 bits per heavy atom. The number of aliphatic carboxylic acids is 2. The Bertz CT molecular complexity index is 915. The van der Waals surface area contributed by atoms with Crippen LogP contribution < -0.4 is 28.3 Å². The Balaban J connectivity index is 0.000000496. The molecule has 0 bridgehead atoms. The Morgan fingerprint density at radius 2 is 1.71 bits per heavy atom. The van der Waals surface area contributed by atoms with Crippen molar-refractivity contribution >= 4 is 24.0 Å². The molecule has 2 rings (SSSR count). The zero-order chi connectivity index (χ0) is 27.0. The number of carbonyl (C=O) groups is 3. The fraction of sp³-hybridized carbons (Fsp3) is 0.474. The number of H-pyrrole nitrogens is 1. The number of nitrogens with zero attached hydrogens (tertiary/aromatic N) is 3. The fourth-order valence-corrected chi connectivity index (χ4v) is 2.29. The highest BCUT2D eigenvalue weighted by Gasteiger charge is 2.12. The van der Waals surface area contributed by atoms with E-state index in [2.05, 4.69) is 20.3 Å². The normalized spacial score (nSPS) is 12.6. The lowest BCUT2D eigenvalue weighted by atomic mass is 10.2. The zero-order valence-electron chi connectivity index (χ0n) is 19.3. The van der Waals surface area contributed by atoms with E-state index in [4.69, 9.17) is 43.7 Å². The maximum Gasteiger partial charge on any atom is 0.416 e. The van der Waals surface area contributed by atoms with Gasteiger partial charge in [0, 0.05) is 37.8 Å². The van der Waals surface area contributed by atoms with E-state index in [-0.39, 0.29) is 18.4 Å². The maximum atomic E-state index is 10.4. The molecule has 0 aliphatic rings. The first-order chi connectivity index (χ1) is 16.3. The monoisotopic (exact) mass is 498 g/mol. The van der Waals surface area contributed by atoms with Crippen LogP contribution in [0.1, 0.15) is 31.2 Å². The van der Waals surface area contributed by atoms with Crippen molar-refractivity contribution in [2.24, 2.45) is 22.9 Å². The molecule has 3 atom stereocenters. The predicted molar refractivity (Wildman–Crippen MR) is 126 cm³/mol. The first-order valence-electron chi connectivity index (χ1n) is 10.4. The Morgan fingerprint density at radius 3 is 2.14 bits per heavy atom. The molecule has 0 aromatic carbocycles. The van der Waals surface area contributed by atoms with Gasteiger partial charge in [-0.25, -0.2) is 19.3 Å². The van der Waals surface area contributed by atoms with Gasteiger partial charge in [-0.15, -0.1) is 0 Å². The van der Waals surface area contributed by atoms with E-state index in [9.17, 15) is 14.4 Å². The van der Waals surface area contributed by atoms with Crippen LogP contribution >= 0.6 is 0 Å². The second-order valence-corrected chi connectivity index (χ2v) is 7.37. The third-order valence-corrected chi connectivity index (χ3v) is 4.01. The Hall–Kier alpha value is -4.02. The summed E-state index contributed by atoms with van der Waals surface area (Å²) >= 11 is 0. The molecule has 0 amide bonds. The summed E-state index contributed by atoms with van der Waals surface area (Å²) in [5.41, 5.74) is 22.4. The van der Waals surface area contributed by atoms with E-state index in [1.165, 1.54) is 18.9 Å². The summed E-state index contributed by atoms with van der Waals surface area (Å²) < 4.78 is 1.01. The van der Waals surface area contributed by atoms with Gasteiger partial charge in [0.25, 0.3) is 0 Å². The smallest absolute Gasteiger partial charge is 0.416 e. The van der Waals surface area contributed by atoms with Crippen molar-refractivity contribution in [1.29, 1.82) is 5.41 Å². The Kier molecular flexibility index (Phi) is 14.7. The number of guanidine groups is 1. The highest BCUT2D eigenvalue weighted by atomic mass is 16.4. The minimum absolute atomic E-state index is 0.00199. The summed E-state index contributed by atoms with van der Waals surface area (Å²) in [5.74, 6) is -2.12. The molecule has 2 aromatic rings. The van der Waals surface area contributed by atoms with Gasteiger partial charge in [-0.05, 0) is 19.8 Å².